The fourth-order valence-corrected chi connectivity index (χ4v) is 3.60. The average molecular weight is 310 g/mol. The van der Waals surface area contributed by atoms with Crippen LogP contribution < -0.4 is 0 Å². The van der Waals surface area contributed by atoms with Crippen molar-refractivity contribution >= 4 is 11.9 Å². The van der Waals surface area contributed by atoms with Crippen LogP contribution in [0.1, 0.15) is 32.1 Å². The van der Waals surface area contributed by atoms with Crippen LogP contribution in [0, 0.1) is 22.0 Å². The third-order valence-corrected chi connectivity index (χ3v) is 4.76. The molecule has 0 spiro atoms. The highest BCUT2D eigenvalue weighted by molar-refractivity contribution is 5.99. The third-order valence-electron chi connectivity index (χ3n) is 4.76. The number of amides is 1. The second-order valence-electron chi connectivity index (χ2n) is 6.28. The summed E-state index contributed by atoms with van der Waals surface area (Å²) in [7, 11) is 0. The molecule has 2 heterocycles. The molecule has 1 atom stereocenters. The number of carbonyl (C=O) groups is 1. The van der Waals surface area contributed by atoms with E-state index in [1.54, 1.807) is 0 Å². The summed E-state index contributed by atoms with van der Waals surface area (Å²) < 4.78 is 5.36. The SMILES string of the molecule is O=C(C1CCCC1)N1CCN(CC2CCOC2)C1=N[N+](=O)[O-]. The number of carbonyl (C=O) groups excluding carboxylic acids is 1. The van der Waals surface area contributed by atoms with E-state index in [-0.39, 0.29) is 17.8 Å². The lowest BCUT2D eigenvalue weighted by molar-refractivity contribution is -0.486. The van der Waals surface area contributed by atoms with Crippen molar-refractivity contribution in [3.8, 4) is 0 Å². The smallest absolute Gasteiger partial charge is 0.280 e. The Morgan fingerprint density at radius 3 is 2.73 bits per heavy atom. The molecule has 2 saturated heterocycles. The van der Waals surface area contributed by atoms with E-state index in [9.17, 15) is 14.9 Å². The molecule has 1 amide bonds. The van der Waals surface area contributed by atoms with Crippen LogP contribution >= 0.6 is 0 Å². The Bertz CT molecular complexity index is 469. The van der Waals surface area contributed by atoms with Gasteiger partial charge < -0.3 is 9.64 Å². The minimum atomic E-state index is -0.701. The summed E-state index contributed by atoms with van der Waals surface area (Å²) in [5.41, 5.74) is 0. The molecule has 3 rings (SSSR count). The van der Waals surface area contributed by atoms with E-state index in [0.717, 1.165) is 38.7 Å². The van der Waals surface area contributed by atoms with Crippen molar-refractivity contribution in [2.45, 2.75) is 32.1 Å². The normalized spacial score (nSPS) is 28.0. The highest BCUT2D eigenvalue weighted by Gasteiger charge is 2.38. The number of hydrogen-bond acceptors (Lipinski definition) is 4. The molecule has 0 aromatic heterocycles. The molecule has 2 aliphatic heterocycles. The van der Waals surface area contributed by atoms with Crippen molar-refractivity contribution in [1.29, 1.82) is 0 Å². The first-order valence-corrected chi connectivity index (χ1v) is 8.02. The Morgan fingerprint density at radius 2 is 2.09 bits per heavy atom. The van der Waals surface area contributed by atoms with Gasteiger partial charge in [0.05, 0.1) is 6.61 Å². The van der Waals surface area contributed by atoms with Crippen LogP contribution in [0.15, 0.2) is 5.10 Å². The van der Waals surface area contributed by atoms with Crippen LogP contribution in [0.25, 0.3) is 0 Å². The molecule has 0 N–H and O–H groups in total. The first-order chi connectivity index (χ1) is 10.6. The zero-order valence-corrected chi connectivity index (χ0v) is 12.6. The Balaban J connectivity index is 1.72. The molecule has 0 aromatic carbocycles. The lowest BCUT2D eigenvalue weighted by Gasteiger charge is -2.23. The van der Waals surface area contributed by atoms with E-state index >= 15 is 0 Å². The zero-order chi connectivity index (χ0) is 15.5. The highest BCUT2D eigenvalue weighted by Crippen LogP contribution is 2.28. The molecular weight excluding hydrogens is 288 g/mol. The Kier molecular flexibility index (Phi) is 4.56. The summed E-state index contributed by atoms with van der Waals surface area (Å²) in [4.78, 5) is 26.8. The predicted molar refractivity (Wildman–Crippen MR) is 78.6 cm³/mol. The van der Waals surface area contributed by atoms with Crippen LogP contribution in [-0.2, 0) is 9.53 Å². The molecule has 8 nitrogen and oxygen atoms in total. The number of guanidine groups is 1. The second kappa shape index (κ2) is 6.60. The van der Waals surface area contributed by atoms with Gasteiger partial charge in [-0.1, -0.05) is 12.8 Å². The fourth-order valence-electron chi connectivity index (χ4n) is 3.60. The van der Waals surface area contributed by atoms with Crippen molar-refractivity contribution < 1.29 is 14.6 Å². The van der Waals surface area contributed by atoms with Gasteiger partial charge in [-0.25, -0.2) is 10.1 Å². The number of hydrogen-bond donors (Lipinski definition) is 0. The quantitative estimate of drug-likeness (QED) is 0.569. The van der Waals surface area contributed by atoms with Gasteiger partial charge in [0.25, 0.3) is 5.96 Å². The maximum Gasteiger partial charge on any atom is 0.280 e. The van der Waals surface area contributed by atoms with Crippen LogP contribution in [0.3, 0.4) is 0 Å². The molecule has 8 heteroatoms. The van der Waals surface area contributed by atoms with Crippen molar-refractivity contribution in [2.75, 3.05) is 32.8 Å². The first-order valence-electron chi connectivity index (χ1n) is 8.02. The summed E-state index contributed by atoms with van der Waals surface area (Å²) >= 11 is 0. The maximum atomic E-state index is 12.6. The number of hydrazone groups is 1. The van der Waals surface area contributed by atoms with Gasteiger partial charge in [0.2, 0.25) is 5.91 Å². The van der Waals surface area contributed by atoms with E-state index in [1.807, 2.05) is 4.90 Å². The first kappa shape index (κ1) is 15.2. The van der Waals surface area contributed by atoms with Gasteiger partial charge in [-0.2, -0.15) is 0 Å². The number of nitro groups is 1. The standard InChI is InChI=1S/C14H22N4O4/c19-13(12-3-1-2-4-12)17-7-6-16(14(17)15-18(20)21)9-11-5-8-22-10-11/h11-12H,1-10H2. The van der Waals surface area contributed by atoms with Gasteiger partial charge in [0.1, 0.15) is 5.10 Å². The largest absolute Gasteiger partial charge is 0.381 e. The maximum absolute atomic E-state index is 12.6. The van der Waals surface area contributed by atoms with E-state index in [4.69, 9.17) is 4.74 Å². The van der Waals surface area contributed by atoms with Gasteiger partial charge in [-0.3, -0.25) is 9.69 Å². The third kappa shape index (κ3) is 3.21. The van der Waals surface area contributed by atoms with E-state index < -0.39 is 5.03 Å². The van der Waals surface area contributed by atoms with E-state index in [1.165, 1.54) is 4.90 Å². The molecule has 3 fully saturated rings. The average Bonchev–Trinajstić information content (AvgIpc) is 3.21. The molecule has 0 bridgehead atoms. The molecule has 1 aliphatic carbocycles. The van der Waals surface area contributed by atoms with Crippen molar-refractivity contribution in [1.82, 2.24) is 9.80 Å². The fraction of sp³-hybridized carbons (Fsp3) is 0.857. The van der Waals surface area contributed by atoms with Crippen LogP contribution in [-0.4, -0.2) is 59.5 Å². The number of nitrogens with zero attached hydrogens (tertiary/aromatic N) is 4. The summed E-state index contributed by atoms with van der Waals surface area (Å²) in [5, 5.41) is 13.7. The molecule has 1 saturated carbocycles. The molecule has 1 unspecified atom stereocenters. The van der Waals surface area contributed by atoms with Crippen molar-refractivity contribution in [2.24, 2.45) is 16.9 Å². The molecule has 122 valence electrons. The second-order valence-corrected chi connectivity index (χ2v) is 6.28. The highest BCUT2D eigenvalue weighted by atomic mass is 16.7. The van der Waals surface area contributed by atoms with Crippen LogP contribution in [0.4, 0.5) is 0 Å². The van der Waals surface area contributed by atoms with Crippen molar-refractivity contribution in [3.05, 3.63) is 10.1 Å². The van der Waals surface area contributed by atoms with Crippen LogP contribution in [0.2, 0.25) is 0 Å². The number of rotatable bonds is 4. The van der Waals surface area contributed by atoms with Gasteiger partial charge in [0, 0.05) is 38.1 Å². The topological polar surface area (TPSA) is 88.3 Å². The van der Waals surface area contributed by atoms with E-state index in [0.29, 0.717) is 32.2 Å². The van der Waals surface area contributed by atoms with Crippen LogP contribution in [0.5, 0.6) is 0 Å². The number of ether oxygens (including phenoxy) is 1. The molecule has 3 aliphatic rings. The van der Waals surface area contributed by atoms with Crippen molar-refractivity contribution in [3.63, 3.8) is 0 Å². The lowest BCUT2D eigenvalue weighted by atomic mass is 10.1. The lowest BCUT2D eigenvalue weighted by Crippen LogP contribution is -2.42. The molecule has 0 aromatic rings. The Hall–Kier alpha value is -1.70. The van der Waals surface area contributed by atoms with Gasteiger partial charge >= 0.3 is 0 Å². The predicted octanol–water partition coefficient (Wildman–Crippen LogP) is 0.905. The summed E-state index contributed by atoms with van der Waals surface area (Å²) in [6.07, 6.45) is 4.86. The molecule has 0 radical (unpaired) electrons. The van der Waals surface area contributed by atoms with E-state index in [2.05, 4.69) is 5.10 Å². The molecule has 22 heavy (non-hydrogen) atoms. The minimum absolute atomic E-state index is 0.00303. The monoisotopic (exact) mass is 310 g/mol. The Morgan fingerprint density at radius 1 is 1.32 bits per heavy atom. The van der Waals surface area contributed by atoms with Gasteiger partial charge in [-0.05, 0) is 19.3 Å². The summed E-state index contributed by atoms with van der Waals surface area (Å²) in [5.74, 6) is 0.585. The Labute approximate surface area is 129 Å². The zero-order valence-electron chi connectivity index (χ0n) is 12.6. The molecular formula is C14H22N4O4. The summed E-state index contributed by atoms with van der Waals surface area (Å²) in [6.45, 7) is 3.20. The minimum Gasteiger partial charge on any atom is -0.381 e. The van der Waals surface area contributed by atoms with Gasteiger partial charge in [-0.15, -0.1) is 0 Å². The van der Waals surface area contributed by atoms with Gasteiger partial charge in [0.15, 0.2) is 5.03 Å². The summed E-state index contributed by atoms with van der Waals surface area (Å²) in [6, 6.07) is 0.